The minimum atomic E-state index is -3.63. The molecule has 11 nitrogen and oxygen atoms in total. The minimum Gasteiger partial charge on any atom is -0.478 e. The smallest absolute Gasteiger partial charge is 0.337 e. The normalized spacial score (nSPS) is 12.2. The molecule has 0 radical (unpaired) electrons. The first-order chi connectivity index (χ1) is 15.4. The molecule has 0 atom stereocenters. The first kappa shape index (κ1) is 26.4. The lowest BCUT2D eigenvalue weighted by Gasteiger charge is -2.25. The van der Waals surface area contributed by atoms with Crippen molar-refractivity contribution < 1.29 is 35.1 Å². The Morgan fingerprint density at radius 1 is 0.909 bits per heavy atom. The van der Waals surface area contributed by atoms with E-state index in [4.69, 9.17) is 8.37 Å². The highest BCUT2D eigenvalue weighted by atomic mass is 32.2. The van der Waals surface area contributed by atoms with Crippen molar-refractivity contribution in [2.75, 3.05) is 43.7 Å². The van der Waals surface area contributed by atoms with Gasteiger partial charge in [-0.3, -0.25) is 8.37 Å². The van der Waals surface area contributed by atoms with Crippen molar-refractivity contribution in [2.24, 2.45) is 10.2 Å². The van der Waals surface area contributed by atoms with Gasteiger partial charge < -0.3 is 10.0 Å². The average molecular weight is 500 g/mol. The third kappa shape index (κ3) is 9.26. The van der Waals surface area contributed by atoms with Gasteiger partial charge in [0.25, 0.3) is 20.2 Å². The summed E-state index contributed by atoms with van der Waals surface area (Å²) in [6, 6.07) is 11.4. The summed E-state index contributed by atoms with van der Waals surface area (Å²) in [7, 11) is -7.25. The number of hydrogen-bond acceptors (Lipinski definition) is 10. The fourth-order valence-electron chi connectivity index (χ4n) is 2.77. The van der Waals surface area contributed by atoms with E-state index in [1.54, 1.807) is 48.2 Å². The number of hydrogen-bond donors (Lipinski definition) is 1. The van der Waals surface area contributed by atoms with Crippen LogP contribution >= 0.6 is 0 Å². The van der Waals surface area contributed by atoms with Crippen LogP contribution in [0.5, 0.6) is 0 Å². The van der Waals surface area contributed by atoms with Crippen molar-refractivity contribution in [3.63, 3.8) is 0 Å². The Morgan fingerprint density at radius 3 is 1.97 bits per heavy atom. The maximum absolute atomic E-state index is 11.3. The van der Waals surface area contributed by atoms with Crippen molar-refractivity contribution in [3.05, 3.63) is 53.6 Å². The van der Waals surface area contributed by atoms with E-state index in [-0.39, 0.29) is 37.6 Å². The van der Waals surface area contributed by atoms with E-state index in [1.807, 2.05) is 0 Å². The molecule has 0 amide bonds. The third-order valence-electron chi connectivity index (χ3n) is 4.26. The van der Waals surface area contributed by atoms with E-state index in [1.165, 1.54) is 6.07 Å². The van der Waals surface area contributed by atoms with Crippen molar-refractivity contribution in [1.29, 1.82) is 0 Å². The molecule has 0 aliphatic carbocycles. The van der Waals surface area contributed by atoms with Gasteiger partial charge in [-0.1, -0.05) is 12.1 Å². The Hall–Kier alpha value is -2.87. The van der Waals surface area contributed by atoms with Crippen LogP contribution in [0.4, 0.5) is 17.1 Å². The standard InChI is InChI=1S/C20H25N3O8S2/c1-15-14-16(23(10-12-30-32(2,26)27)11-13-31-33(3,28)29)8-9-18(15)21-22-19-7-5-4-6-17(19)20(24)25/h4-9,14H,10-13H2,1-3H3,(H,24,25). The number of carboxylic acid groups (broad SMARTS) is 1. The summed E-state index contributed by atoms with van der Waals surface area (Å²) in [5, 5.41) is 17.4. The molecule has 2 rings (SSSR count). The number of benzene rings is 2. The van der Waals surface area contributed by atoms with E-state index < -0.39 is 26.2 Å². The lowest BCUT2D eigenvalue weighted by Crippen LogP contribution is -2.32. The molecule has 0 aliphatic rings. The minimum absolute atomic E-state index is 0.0263. The number of anilines is 1. The van der Waals surface area contributed by atoms with Gasteiger partial charge in [-0.25, -0.2) is 4.79 Å². The Bertz CT molecular complexity index is 1190. The first-order valence-electron chi connectivity index (χ1n) is 9.64. The van der Waals surface area contributed by atoms with E-state index >= 15 is 0 Å². The van der Waals surface area contributed by atoms with Gasteiger partial charge in [-0.05, 0) is 42.8 Å². The summed E-state index contributed by atoms with van der Waals surface area (Å²) in [6.45, 7) is 1.83. The molecule has 2 aromatic carbocycles. The summed E-state index contributed by atoms with van der Waals surface area (Å²) in [5.74, 6) is -1.11. The molecule has 2 aromatic rings. The molecule has 1 N–H and O–H groups in total. The Labute approximate surface area is 192 Å². The zero-order chi connectivity index (χ0) is 24.6. The largest absolute Gasteiger partial charge is 0.478 e. The van der Waals surface area contributed by atoms with Crippen LogP contribution in [0, 0.1) is 6.92 Å². The van der Waals surface area contributed by atoms with Gasteiger partial charge in [0.1, 0.15) is 5.69 Å². The van der Waals surface area contributed by atoms with Crippen LogP contribution in [0.3, 0.4) is 0 Å². The summed E-state index contributed by atoms with van der Waals surface area (Å²) in [6.07, 6.45) is 1.88. The molecular weight excluding hydrogens is 474 g/mol. The van der Waals surface area contributed by atoms with Gasteiger partial charge >= 0.3 is 5.97 Å². The molecule has 0 bridgehead atoms. The number of aromatic carboxylic acids is 1. The third-order valence-corrected chi connectivity index (χ3v) is 5.45. The summed E-state index contributed by atoms with van der Waals surface area (Å²) in [5.41, 5.74) is 2.11. The van der Waals surface area contributed by atoms with Gasteiger partial charge in [0.2, 0.25) is 0 Å². The van der Waals surface area contributed by atoms with Crippen molar-refractivity contribution in [1.82, 2.24) is 0 Å². The monoisotopic (exact) mass is 499 g/mol. The Kier molecular flexibility index (Phi) is 9.05. The van der Waals surface area contributed by atoms with Crippen LogP contribution in [0.1, 0.15) is 15.9 Å². The molecule has 0 aromatic heterocycles. The molecule has 13 heteroatoms. The maximum atomic E-state index is 11.3. The number of nitrogens with zero attached hydrogens (tertiary/aromatic N) is 3. The number of carbonyl (C=O) groups is 1. The summed E-state index contributed by atoms with van der Waals surface area (Å²) in [4.78, 5) is 13.0. The predicted octanol–water partition coefficient (Wildman–Crippen LogP) is 2.87. The van der Waals surface area contributed by atoms with Gasteiger partial charge in [0.05, 0.1) is 37.0 Å². The fraction of sp³-hybridized carbons (Fsp3) is 0.350. The molecule has 0 aliphatic heterocycles. The zero-order valence-corrected chi connectivity index (χ0v) is 20.0. The maximum Gasteiger partial charge on any atom is 0.337 e. The molecule has 33 heavy (non-hydrogen) atoms. The molecule has 180 valence electrons. The van der Waals surface area contributed by atoms with Crippen molar-refractivity contribution >= 4 is 43.3 Å². The molecular formula is C20H25N3O8S2. The van der Waals surface area contributed by atoms with Crippen LogP contribution in [-0.4, -0.2) is 66.7 Å². The zero-order valence-electron chi connectivity index (χ0n) is 18.3. The molecule has 0 unspecified atom stereocenters. The highest BCUT2D eigenvalue weighted by Crippen LogP contribution is 2.28. The fourth-order valence-corrected chi connectivity index (χ4v) is 3.52. The van der Waals surface area contributed by atoms with Crippen LogP contribution in [0.15, 0.2) is 52.7 Å². The van der Waals surface area contributed by atoms with E-state index in [0.29, 0.717) is 16.9 Å². The Balaban J connectivity index is 2.22. The second-order valence-corrected chi connectivity index (χ2v) is 10.3. The van der Waals surface area contributed by atoms with Gasteiger partial charge in [0.15, 0.2) is 0 Å². The van der Waals surface area contributed by atoms with Crippen molar-refractivity contribution in [2.45, 2.75) is 6.92 Å². The predicted molar refractivity (Wildman–Crippen MR) is 123 cm³/mol. The lowest BCUT2D eigenvalue weighted by atomic mass is 10.1. The van der Waals surface area contributed by atoms with Gasteiger partial charge in [0, 0.05) is 18.8 Å². The number of rotatable bonds is 12. The molecule has 0 saturated heterocycles. The van der Waals surface area contributed by atoms with Crippen LogP contribution in [0.2, 0.25) is 0 Å². The summed E-state index contributed by atoms with van der Waals surface area (Å²) >= 11 is 0. The SMILES string of the molecule is Cc1cc(N(CCOS(C)(=O)=O)CCOS(C)(=O)=O)ccc1N=Nc1ccccc1C(=O)O. The van der Waals surface area contributed by atoms with E-state index in [9.17, 15) is 26.7 Å². The van der Waals surface area contributed by atoms with Crippen molar-refractivity contribution in [3.8, 4) is 0 Å². The highest BCUT2D eigenvalue weighted by molar-refractivity contribution is 7.86. The molecule has 0 fully saturated rings. The first-order valence-corrected chi connectivity index (χ1v) is 13.3. The average Bonchev–Trinajstić information content (AvgIpc) is 2.70. The highest BCUT2D eigenvalue weighted by Gasteiger charge is 2.13. The number of azo groups is 1. The topological polar surface area (TPSA) is 152 Å². The van der Waals surface area contributed by atoms with Gasteiger partial charge in [-0.2, -0.15) is 21.9 Å². The second-order valence-electron chi connectivity index (χ2n) is 7.03. The van der Waals surface area contributed by atoms with Crippen LogP contribution < -0.4 is 4.90 Å². The van der Waals surface area contributed by atoms with Crippen LogP contribution in [0.25, 0.3) is 0 Å². The van der Waals surface area contributed by atoms with E-state index in [2.05, 4.69) is 10.2 Å². The second kappa shape index (κ2) is 11.3. The quantitative estimate of drug-likeness (QED) is 0.343. The lowest BCUT2D eigenvalue weighted by molar-refractivity contribution is 0.0697. The summed E-state index contributed by atoms with van der Waals surface area (Å²) < 4.78 is 54.6. The molecule has 0 heterocycles. The van der Waals surface area contributed by atoms with Gasteiger partial charge in [-0.15, -0.1) is 5.11 Å². The molecule has 0 spiro atoms. The number of carboxylic acids is 1. The van der Waals surface area contributed by atoms with Crippen LogP contribution in [-0.2, 0) is 28.6 Å². The molecule has 0 saturated carbocycles. The van der Waals surface area contributed by atoms with E-state index in [0.717, 1.165) is 12.5 Å². The number of aryl methyl sites for hydroxylation is 1. The Morgan fingerprint density at radius 2 is 1.45 bits per heavy atom.